The number of rotatable bonds is 4. The van der Waals surface area contributed by atoms with E-state index in [1.807, 2.05) is 7.11 Å². The van der Waals surface area contributed by atoms with Crippen LogP contribution in [0.4, 0.5) is 0 Å². The van der Waals surface area contributed by atoms with Crippen molar-refractivity contribution in [2.75, 3.05) is 46.4 Å². The van der Waals surface area contributed by atoms with E-state index in [-0.39, 0.29) is 0 Å². The summed E-state index contributed by atoms with van der Waals surface area (Å²) >= 11 is 0. The lowest BCUT2D eigenvalue weighted by Gasteiger charge is -2.40. The Morgan fingerprint density at radius 3 is 2.47 bits per heavy atom. The first-order valence-electron chi connectivity index (χ1n) is 7.27. The summed E-state index contributed by atoms with van der Waals surface area (Å²) in [6, 6.07) is 0. The molecule has 1 atom stereocenters. The Bertz CT molecular complexity index is 201. The Morgan fingerprint density at radius 2 is 1.88 bits per heavy atom. The minimum Gasteiger partial charge on any atom is -0.384 e. The molecule has 0 bridgehead atoms. The Kier molecular flexibility index (Phi) is 5.26. The highest BCUT2D eigenvalue weighted by Gasteiger charge is 2.34. The van der Waals surface area contributed by atoms with Gasteiger partial charge in [-0.25, -0.2) is 0 Å². The molecule has 0 radical (unpaired) electrons. The van der Waals surface area contributed by atoms with Crippen molar-refractivity contribution < 1.29 is 4.74 Å². The third-order valence-electron chi connectivity index (χ3n) is 4.27. The monoisotopic (exact) mass is 240 g/mol. The first kappa shape index (κ1) is 13.3. The van der Waals surface area contributed by atoms with Crippen LogP contribution in [0.1, 0.15) is 38.5 Å². The van der Waals surface area contributed by atoms with Crippen molar-refractivity contribution in [3.05, 3.63) is 0 Å². The molecule has 3 nitrogen and oxygen atoms in total. The van der Waals surface area contributed by atoms with E-state index in [0.29, 0.717) is 5.41 Å². The van der Waals surface area contributed by atoms with Gasteiger partial charge in [0.05, 0.1) is 6.61 Å². The standard InChI is InChI=1S/C14H28N2O/c1-17-13-14(7-6-8-15-11-14)12-16-9-4-2-3-5-10-16/h15H,2-13H2,1H3. The molecule has 2 rings (SSSR count). The van der Waals surface area contributed by atoms with Crippen LogP contribution in [-0.4, -0.2) is 51.3 Å². The average Bonchev–Trinajstić information content (AvgIpc) is 2.59. The number of hydrogen-bond donors (Lipinski definition) is 1. The quantitative estimate of drug-likeness (QED) is 0.812. The zero-order valence-corrected chi connectivity index (χ0v) is 11.3. The number of likely N-dealkylation sites (tertiary alicyclic amines) is 1. The number of hydrogen-bond acceptors (Lipinski definition) is 3. The predicted octanol–water partition coefficient (Wildman–Crippen LogP) is 1.88. The topological polar surface area (TPSA) is 24.5 Å². The van der Waals surface area contributed by atoms with Gasteiger partial charge in [0.25, 0.3) is 0 Å². The highest BCUT2D eigenvalue weighted by molar-refractivity contribution is 4.88. The normalized spacial score (nSPS) is 32.3. The summed E-state index contributed by atoms with van der Waals surface area (Å²) in [5, 5.41) is 3.56. The Balaban J connectivity index is 1.90. The fourth-order valence-electron chi connectivity index (χ4n) is 3.41. The van der Waals surface area contributed by atoms with Crippen LogP contribution in [0, 0.1) is 5.41 Å². The Morgan fingerprint density at radius 1 is 1.12 bits per heavy atom. The van der Waals surface area contributed by atoms with Crippen LogP contribution in [0.5, 0.6) is 0 Å². The lowest BCUT2D eigenvalue weighted by molar-refractivity contribution is 0.0277. The van der Waals surface area contributed by atoms with Crippen molar-refractivity contribution in [3.8, 4) is 0 Å². The summed E-state index contributed by atoms with van der Waals surface area (Å²) in [6.07, 6.45) is 8.24. The van der Waals surface area contributed by atoms with E-state index in [9.17, 15) is 0 Å². The minimum absolute atomic E-state index is 0.372. The molecule has 0 aromatic heterocycles. The smallest absolute Gasteiger partial charge is 0.0543 e. The van der Waals surface area contributed by atoms with Crippen LogP contribution in [0.15, 0.2) is 0 Å². The van der Waals surface area contributed by atoms with Gasteiger partial charge in [-0.05, 0) is 45.3 Å². The maximum Gasteiger partial charge on any atom is 0.0543 e. The van der Waals surface area contributed by atoms with Crippen LogP contribution < -0.4 is 5.32 Å². The highest BCUT2D eigenvalue weighted by atomic mass is 16.5. The van der Waals surface area contributed by atoms with Crippen molar-refractivity contribution in [1.29, 1.82) is 0 Å². The van der Waals surface area contributed by atoms with Crippen LogP contribution in [0.3, 0.4) is 0 Å². The molecule has 3 heteroatoms. The molecule has 2 heterocycles. The molecule has 100 valence electrons. The summed E-state index contributed by atoms with van der Waals surface area (Å²) in [7, 11) is 1.85. The molecular formula is C14H28N2O. The SMILES string of the molecule is COCC1(CN2CCCCCC2)CCCNC1. The van der Waals surface area contributed by atoms with Gasteiger partial charge >= 0.3 is 0 Å². The second-order valence-corrected chi connectivity index (χ2v) is 5.90. The van der Waals surface area contributed by atoms with Crippen LogP contribution in [0.2, 0.25) is 0 Å². The van der Waals surface area contributed by atoms with Crippen LogP contribution in [-0.2, 0) is 4.74 Å². The van der Waals surface area contributed by atoms with E-state index in [2.05, 4.69) is 10.2 Å². The lowest BCUT2D eigenvalue weighted by atomic mass is 9.81. The lowest BCUT2D eigenvalue weighted by Crippen LogP contribution is -2.50. The number of ether oxygens (including phenoxy) is 1. The van der Waals surface area contributed by atoms with Gasteiger partial charge < -0.3 is 15.0 Å². The van der Waals surface area contributed by atoms with Crippen molar-refractivity contribution in [2.45, 2.75) is 38.5 Å². The second-order valence-electron chi connectivity index (χ2n) is 5.90. The number of methoxy groups -OCH3 is 1. The highest BCUT2D eigenvalue weighted by Crippen LogP contribution is 2.28. The fraction of sp³-hybridized carbons (Fsp3) is 1.00. The minimum atomic E-state index is 0.372. The number of piperidine rings is 1. The second kappa shape index (κ2) is 6.72. The average molecular weight is 240 g/mol. The molecule has 0 amide bonds. The zero-order valence-electron chi connectivity index (χ0n) is 11.3. The van der Waals surface area contributed by atoms with Gasteiger partial charge in [-0.3, -0.25) is 0 Å². The predicted molar refractivity (Wildman–Crippen MR) is 71.3 cm³/mol. The first-order chi connectivity index (χ1) is 8.35. The Labute approximate surface area is 106 Å². The van der Waals surface area contributed by atoms with Gasteiger partial charge in [0.1, 0.15) is 0 Å². The van der Waals surface area contributed by atoms with Crippen molar-refractivity contribution in [3.63, 3.8) is 0 Å². The summed E-state index contributed by atoms with van der Waals surface area (Å²) in [5.41, 5.74) is 0.372. The molecule has 0 aromatic rings. The van der Waals surface area contributed by atoms with Gasteiger partial charge in [0.15, 0.2) is 0 Å². The summed E-state index contributed by atoms with van der Waals surface area (Å²) < 4.78 is 5.49. The van der Waals surface area contributed by atoms with Crippen molar-refractivity contribution in [1.82, 2.24) is 10.2 Å². The molecule has 0 aliphatic carbocycles. The van der Waals surface area contributed by atoms with Crippen LogP contribution in [0.25, 0.3) is 0 Å². The molecule has 0 saturated carbocycles. The molecule has 0 aromatic carbocycles. The third kappa shape index (κ3) is 3.94. The zero-order chi connectivity index (χ0) is 12.0. The maximum atomic E-state index is 5.49. The third-order valence-corrected chi connectivity index (χ3v) is 4.27. The molecule has 17 heavy (non-hydrogen) atoms. The van der Waals surface area contributed by atoms with E-state index in [4.69, 9.17) is 4.74 Å². The molecular weight excluding hydrogens is 212 g/mol. The molecule has 2 aliphatic rings. The Hall–Kier alpha value is -0.120. The molecule has 1 N–H and O–H groups in total. The van der Waals surface area contributed by atoms with Crippen LogP contribution >= 0.6 is 0 Å². The molecule has 2 aliphatic heterocycles. The van der Waals surface area contributed by atoms with E-state index < -0.39 is 0 Å². The molecule has 2 fully saturated rings. The van der Waals surface area contributed by atoms with Crippen molar-refractivity contribution in [2.24, 2.45) is 5.41 Å². The van der Waals surface area contributed by atoms with Gasteiger partial charge in [-0.1, -0.05) is 12.8 Å². The van der Waals surface area contributed by atoms with E-state index >= 15 is 0 Å². The van der Waals surface area contributed by atoms with Gasteiger partial charge in [0, 0.05) is 25.6 Å². The fourth-order valence-corrected chi connectivity index (χ4v) is 3.41. The molecule has 0 spiro atoms. The summed E-state index contributed by atoms with van der Waals surface area (Å²) in [5.74, 6) is 0. The van der Waals surface area contributed by atoms with Crippen molar-refractivity contribution >= 4 is 0 Å². The first-order valence-corrected chi connectivity index (χ1v) is 7.27. The molecule has 2 saturated heterocycles. The number of nitrogens with zero attached hydrogens (tertiary/aromatic N) is 1. The van der Waals surface area contributed by atoms with Gasteiger partial charge in [0.2, 0.25) is 0 Å². The van der Waals surface area contributed by atoms with Gasteiger partial charge in [-0.2, -0.15) is 0 Å². The number of nitrogens with one attached hydrogen (secondary N) is 1. The van der Waals surface area contributed by atoms with E-state index in [0.717, 1.165) is 13.2 Å². The summed E-state index contributed by atoms with van der Waals surface area (Å²) in [6.45, 7) is 7.06. The maximum absolute atomic E-state index is 5.49. The molecule has 1 unspecified atom stereocenters. The van der Waals surface area contributed by atoms with E-state index in [1.165, 1.54) is 64.7 Å². The van der Waals surface area contributed by atoms with Gasteiger partial charge in [-0.15, -0.1) is 0 Å². The summed E-state index contributed by atoms with van der Waals surface area (Å²) in [4.78, 5) is 2.68. The largest absolute Gasteiger partial charge is 0.384 e. The van der Waals surface area contributed by atoms with E-state index in [1.54, 1.807) is 0 Å².